The van der Waals surface area contributed by atoms with Gasteiger partial charge < -0.3 is 15.2 Å². The highest BCUT2D eigenvalue weighted by molar-refractivity contribution is 7.80. The first kappa shape index (κ1) is 14.7. The van der Waals surface area contributed by atoms with Crippen molar-refractivity contribution in [2.75, 3.05) is 27.8 Å². The molecule has 1 unspecified atom stereocenters. The lowest BCUT2D eigenvalue weighted by Crippen LogP contribution is -2.31. The average Bonchev–Trinajstić information content (AvgIpc) is 2.30. The van der Waals surface area contributed by atoms with E-state index >= 15 is 0 Å². The summed E-state index contributed by atoms with van der Waals surface area (Å²) in [7, 11) is 5.49. The van der Waals surface area contributed by atoms with Gasteiger partial charge in [-0.25, -0.2) is 0 Å². The lowest BCUT2D eigenvalue weighted by molar-refractivity contribution is 0.309. The Hall–Kier alpha value is -1.33. The molecule has 0 aliphatic rings. The fourth-order valence-corrected chi connectivity index (χ4v) is 2.19. The number of thiocarbonyl (C=S) groups is 1. The molecular weight excluding hydrogens is 248 g/mol. The lowest BCUT2D eigenvalue weighted by atomic mass is 10.1. The minimum Gasteiger partial charge on any atom is -0.493 e. The maximum Gasteiger partial charge on any atom is 0.161 e. The minimum atomic E-state index is -0.107. The maximum absolute atomic E-state index is 5.78. The van der Waals surface area contributed by atoms with E-state index in [1.54, 1.807) is 7.11 Å². The predicted octanol–water partition coefficient (Wildman–Crippen LogP) is 1.98. The summed E-state index contributed by atoms with van der Waals surface area (Å²) in [5.74, 6) is 1.42. The van der Waals surface area contributed by atoms with E-state index in [1.165, 1.54) is 0 Å². The topological polar surface area (TPSA) is 47.7 Å². The third-order valence-electron chi connectivity index (χ3n) is 2.59. The van der Waals surface area contributed by atoms with Crippen LogP contribution in [0.2, 0.25) is 0 Å². The van der Waals surface area contributed by atoms with Gasteiger partial charge in [0, 0.05) is 0 Å². The highest BCUT2D eigenvalue weighted by Gasteiger charge is 2.18. The van der Waals surface area contributed by atoms with E-state index in [0.717, 1.165) is 11.3 Å². The summed E-state index contributed by atoms with van der Waals surface area (Å²) in [6.07, 6.45) is 0. The molecule has 18 heavy (non-hydrogen) atoms. The number of ether oxygens (including phenoxy) is 2. The second-order valence-electron chi connectivity index (χ2n) is 4.11. The Labute approximate surface area is 114 Å². The minimum absolute atomic E-state index is 0.107. The monoisotopic (exact) mass is 268 g/mol. The van der Waals surface area contributed by atoms with E-state index < -0.39 is 0 Å². The predicted molar refractivity (Wildman–Crippen MR) is 77.4 cm³/mol. The van der Waals surface area contributed by atoms with Gasteiger partial charge in [-0.1, -0.05) is 18.3 Å². The first-order valence-electron chi connectivity index (χ1n) is 5.77. The molecule has 1 aromatic carbocycles. The van der Waals surface area contributed by atoms with E-state index in [-0.39, 0.29) is 6.04 Å². The second-order valence-corrected chi connectivity index (χ2v) is 4.58. The Bertz CT molecular complexity index is 421. The van der Waals surface area contributed by atoms with Crippen LogP contribution < -0.4 is 15.2 Å². The summed E-state index contributed by atoms with van der Waals surface area (Å²) in [4.78, 5) is 2.41. The number of rotatable bonds is 6. The Kier molecular flexibility index (Phi) is 5.37. The highest BCUT2D eigenvalue weighted by atomic mass is 32.1. The highest BCUT2D eigenvalue weighted by Crippen LogP contribution is 2.31. The van der Waals surface area contributed by atoms with Crippen molar-refractivity contribution in [3.63, 3.8) is 0 Å². The zero-order chi connectivity index (χ0) is 13.7. The van der Waals surface area contributed by atoms with Gasteiger partial charge in [-0.15, -0.1) is 0 Å². The molecule has 0 spiro atoms. The molecule has 0 fully saturated rings. The van der Waals surface area contributed by atoms with Crippen molar-refractivity contribution in [1.82, 2.24) is 4.90 Å². The Morgan fingerprint density at radius 3 is 2.50 bits per heavy atom. The summed E-state index contributed by atoms with van der Waals surface area (Å²) in [6.45, 7) is 2.53. The van der Waals surface area contributed by atoms with Gasteiger partial charge in [0.15, 0.2) is 11.5 Å². The van der Waals surface area contributed by atoms with Gasteiger partial charge >= 0.3 is 0 Å². The van der Waals surface area contributed by atoms with Gasteiger partial charge in [0.2, 0.25) is 0 Å². The van der Waals surface area contributed by atoms with E-state index in [0.29, 0.717) is 17.3 Å². The van der Waals surface area contributed by atoms with Crippen molar-refractivity contribution in [3.8, 4) is 11.5 Å². The molecule has 0 amide bonds. The molecule has 0 radical (unpaired) electrons. The molecular formula is C13H20N2O2S. The van der Waals surface area contributed by atoms with Crippen molar-refractivity contribution in [3.05, 3.63) is 23.8 Å². The van der Waals surface area contributed by atoms with E-state index in [2.05, 4.69) is 0 Å². The van der Waals surface area contributed by atoms with Crippen LogP contribution in [0.4, 0.5) is 0 Å². The number of hydrogen-bond acceptors (Lipinski definition) is 4. The van der Waals surface area contributed by atoms with Crippen molar-refractivity contribution >= 4 is 17.2 Å². The van der Waals surface area contributed by atoms with Gasteiger partial charge in [-0.2, -0.15) is 0 Å². The number of benzene rings is 1. The van der Waals surface area contributed by atoms with Crippen LogP contribution in [0.1, 0.15) is 18.5 Å². The second kappa shape index (κ2) is 6.56. The molecule has 0 saturated carbocycles. The summed E-state index contributed by atoms with van der Waals surface area (Å²) >= 11 is 5.10. The Morgan fingerprint density at radius 2 is 2.06 bits per heavy atom. The maximum atomic E-state index is 5.78. The number of likely N-dealkylation sites (N-methyl/N-ethyl adjacent to an activating group) is 1. The molecule has 5 heteroatoms. The SMILES string of the molecule is CCOc1ccc(C(C(N)=S)N(C)C)cc1OC. The van der Waals surface area contributed by atoms with Crippen LogP contribution in [0.25, 0.3) is 0 Å². The summed E-state index contributed by atoms with van der Waals surface area (Å²) in [6, 6.07) is 5.64. The fraction of sp³-hybridized carbons (Fsp3) is 0.462. The third-order valence-corrected chi connectivity index (χ3v) is 2.81. The van der Waals surface area contributed by atoms with E-state index in [1.807, 2.05) is 44.1 Å². The van der Waals surface area contributed by atoms with Crippen LogP contribution in [0.3, 0.4) is 0 Å². The average molecular weight is 268 g/mol. The van der Waals surface area contributed by atoms with Crippen LogP contribution >= 0.6 is 12.2 Å². The number of nitrogens with zero attached hydrogens (tertiary/aromatic N) is 1. The van der Waals surface area contributed by atoms with Gasteiger partial charge in [-0.05, 0) is 38.7 Å². The van der Waals surface area contributed by atoms with Gasteiger partial charge in [0.25, 0.3) is 0 Å². The molecule has 0 saturated heterocycles. The summed E-state index contributed by atoms with van der Waals surface area (Å²) in [5, 5.41) is 0. The van der Waals surface area contributed by atoms with Crippen LogP contribution in [-0.2, 0) is 0 Å². The van der Waals surface area contributed by atoms with Crippen LogP contribution in [0.5, 0.6) is 11.5 Å². The molecule has 4 nitrogen and oxygen atoms in total. The summed E-state index contributed by atoms with van der Waals surface area (Å²) in [5.41, 5.74) is 6.77. The van der Waals surface area contributed by atoms with E-state index in [4.69, 9.17) is 27.4 Å². The Morgan fingerprint density at radius 1 is 1.39 bits per heavy atom. The van der Waals surface area contributed by atoms with Crippen LogP contribution in [0.15, 0.2) is 18.2 Å². The molecule has 2 N–H and O–H groups in total. The van der Waals surface area contributed by atoms with Gasteiger partial charge in [0.1, 0.15) is 0 Å². The molecule has 0 aliphatic carbocycles. The third kappa shape index (κ3) is 3.34. The zero-order valence-corrected chi connectivity index (χ0v) is 12.1. The van der Waals surface area contributed by atoms with Crippen molar-refractivity contribution in [1.29, 1.82) is 0 Å². The molecule has 1 aromatic rings. The fourth-order valence-electron chi connectivity index (χ4n) is 1.85. The van der Waals surface area contributed by atoms with Crippen molar-refractivity contribution < 1.29 is 9.47 Å². The molecule has 1 atom stereocenters. The smallest absolute Gasteiger partial charge is 0.161 e. The molecule has 0 aliphatic heterocycles. The normalized spacial score (nSPS) is 12.3. The lowest BCUT2D eigenvalue weighted by Gasteiger charge is -2.24. The first-order chi connectivity index (χ1) is 8.51. The molecule has 0 heterocycles. The molecule has 0 bridgehead atoms. The zero-order valence-electron chi connectivity index (χ0n) is 11.3. The standard InChI is InChI=1S/C13H20N2O2S/c1-5-17-10-7-6-9(8-11(10)16-4)12(13(14)18)15(2)3/h6-8,12H,5H2,1-4H3,(H2,14,18). The van der Waals surface area contributed by atoms with Crippen LogP contribution in [0, 0.1) is 0 Å². The molecule has 0 aromatic heterocycles. The molecule has 100 valence electrons. The number of methoxy groups -OCH3 is 1. The first-order valence-corrected chi connectivity index (χ1v) is 6.18. The largest absolute Gasteiger partial charge is 0.493 e. The van der Waals surface area contributed by atoms with E-state index in [9.17, 15) is 0 Å². The van der Waals surface area contributed by atoms with Gasteiger partial charge in [-0.3, -0.25) is 4.90 Å². The number of hydrogen-bond donors (Lipinski definition) is 1. The number of nitrogens with two attached hydrogens (primary N) is 1. The quantitative estimate of drug-likeness (QED) is 0.799. The molecule has 1 rings (SSSR count). The van der Waals surface area contributed by atoms with Gasteiger partial charge in [0.05, 0.1) is 24.7 Å². The van der Waals surface area contributed by atoms with Crippen molar-refractivity contribution in [2.24, 2.45) is 5.73 Å². The van der Waals surface area contributed by atoms with Crippen LogP contribution in [-0.4, -0.2) is 37.7 Å². The summed E-state index contributed by atoms with van der Waals surface area (Å²) < 4.78 is 10.8. The van der Waals surface area contributed by atoms with Crippen molar-refractivity contribution in [2.45, 2.75) is 13.0 Å². The Balaban J connectivity index is 3.14.